The van der Waals surface area contributed by atoms with Gasteiger partial charge >= 0.3 is 0 Å². The molecule has 2 N–H and O–H groups in total. The predicted octanol–water partition coefficient (Wildman–Crippen LogP) is 1.54. The lowest BCUT2D eigenvalue weighted by atomic mass is 9.99. The number of nitrogens with zero attached hydrogens (tertiary/aromatic N) is 1. The Kier molecular flexibility index (Phi) is 4.98. The number of hydrogen-bond acceptors (Lipinski definition) is 2. The topological polar surface area (TPSA) is 36.8 Å². The van der Waals surface area contributed by atoms with Crippen LogP contribution in [0, 0.1) is 5.92 Å². The van der Waals surface area contributed by atoms with E-state index in [2.05, 4.69) is 29.3 Å². The number of piperidine rings is 1. The highest BCUT2D eigenvalue weighted by atomic mass is 16.2. The van der Waals surface area contributed by atoms with Crippen molar-refractivity contribution in [2.75, 3.05) is 42.9 Å². The zero-order valence-corrected chi connectivity index (χ0v) is 13.6. The summed E-state index contributed by atoms with van der Waals surface area (Å²) < 4.78 is 0. The molecule has 4 nitrogen and oxygen atoms in total. The van der Waals surface area contributed by atoms with Gasteiger partial charge in [-0.25, -0.2) is 0 Å². The van der Waals surface area contributed by atoms with E-state index in [9.17, 15) is 4.79 Å². The van der Waals surface area contributed by atoms with Crippen LogP contribution in [0.3, 0.4) is 0 Å². The van der Waals surface area contributed by atoms with Crippen molar-refractivity contribution in [3.05, 3.63) is 24.3 Å². The number of amides is 1. The van der Waals surface area contributed by atoms with Crippen LogP contribution in [0.4, 0.5) is 11.4 Å². The van der Waals surface area contributed by atoms with E-state index in [1.165, 1.54) is 36.3 Å². The normalized spacial score (nSPS) is 20.3. The van der Waals surface area contributed by atoms with E-state index in [1.807, 2.05) is 12.1 Å². The number of quaternary nitrogens is 1. The molecule has 1 aromatic rings. The monoisotopic (exact) mass is 302 g/mol. The minimum Gasteiger partial charge on any atom is -0.372 e. The Balaban J connectivity index is 1.51. The van der Waals surface area contributed by atoms with Crippen molar-refractivity contribution >= 4 is 17.3 Å². The first-order valence-electron chi connectivity index (χ1n) is 8.69. The van der Waals surface area contributed by atoms with Crippen LogP contribution in [-0.2, 0) is 4.79 Å². The molecule has 2 aliphatic heterocycles. The molecule has 4 heteroatoms. The molecule has 0 unspecified atom stereocenters. The van der Waals surface area contributed by atoms with Crippen LogP contribution in [0.25, 0.3) is 0 Å². The molecule has 22 heavy (non-hydrogen) atoms. The molecular weight excluding hydrogens is 274 g/mol. The summed E-state index contributed by atoms with van der Waals surface area (Å²) in [6.45, 7) is 7.50. The molecule has 0 bridgehead atoms. The van der Waals surface area contributed by atoms with E-state index < -0.39 is 0 Å². The number of carbonyl (C=O) groups is 1. The molecular formula is C18H28N3O+. The molecule has 2 heterocycles. The second-order valence-corrected chi connectivity index (χ2v) is 6.90. The predicted molar refractivity (Wildman–Crippen MR) is 90.5 cm³/mol. The fourth-order valence-corrected chi connectivity index (χ4v) is 3.51. The molecule has 3 rings (SSSR count). The number of hydrogen-bond donors (Lipinski definition) is 2. The lowest BCUT2D eigenvalue weighted by Crippen LogP contribution is -3.11. The Morgan fingerprint density at radius 1 is 1.18 bits per heavy atom. The van der Waals surface area contributed by atoms with E-state index in [0.29, 0.717) is 6.54 Å². The van der Waals surface area contributed by atoms with Crippen LogP contribution in [0.2, 0.25) is 0 Å². The van der Waals surface area contributed by atoms with Gasteiger partial charge in [0.15, 0.2) is 6.54 Å². The summed E-state index contributed by atoms with van der Waals surface area (Å²) in [4.78, 5) is 15.9. The summed E-state index contributed by atoms with van der Waals surface area (Å²) >= 11 is 0. The molecule has 2 aliphatic rings. The van der Waals surface area contributed by atoms with Gasteiger partial charge in [0.05, 0.1) is 13.1 Å². The molecule has 1 aromatic carbocycles. The molecule has 120 valence electrons. The largest absolute Gasteiger partial charge is 0.372 e. The van der Waals surface area contributed by atoms with Crippen LogP contribution in [0.15, 0.2) is 24.3 Å². The van der Waals surface area contributed by atoms with E-state index in [0.717, 1.165) is 37.8 Å². The van der Waals surface area contributed by atoms with Crippen LogP contribution in [0.1, 0.15) is 32.6 Å². The Labute approximate surface area is 133 Å². The minimum atomic E-state index is 0.136. The van der Waals surface area contributed by atoms with E-state index >= 15 is 0 Å². The summed E-state index contributed by atoms with van der Waals surface area (Å²) in [6, 6.07) is 8.33. The highest BCUT2D eigenvalue weighted by Crippen LogP contribution is 2.24. The van der Waals surface area contributed by atoms with Crippen molar-refractivity contribution in [3.8, 4) is 0 Å². The zero-order valence-electron chi connectivity index (χ0n) is 13.6. The van der Waals surface area contributed by atoms with Crippen LogP contribution >= 0.6 is 0 Å². The fraction of sp³-hybridized carbons (Fsp3) is 0.611. The molecule has 0 saturated carbocycles. The molecule has 0 radical (unpaired) electrons. The maximum Gasteiger partial charge on any atom is 0.279 e. The van der Waals surface area contributed by atoms with Gasteiger partial charge in [-0.15, -0.1) is 0 Å². The van der Waals surface area contributed by atoms with Gasteiger partial charge in [-0.2, -0.15) is 0 Å². The average molecular weight is 302 g/mol. The number of nitrogens with one attached hydrogen (secondary N) is 2. The third-order valence-corrected chi connectivity index (χ3v) is 5.02. The molecule has 2 fully saturated rings. The second kappa shape index (κ2) is 7.14. The number of carbonyl (C=O) groups excluding carboxylic acids is 1. The van der Waals surface area contributed by atoms with Gasteiger partial charge in [-0.3, -0.25) is 4.79 Å². The highest BCUT2D eigenvalue weighted by molar-refractivity contribution is 5.91. The Morgan fingerprint density at radius 3 is 2.45 bits per heavy atom. The summed E-state index contributed by atoms with van der Waals surface area (Å²) in [5.41, 5.74) is 2.19. The summed E-state index contributed by atoms with van der Waals surface area (Å²) in [5.74, 6) is 0.986. The summed E-state index contributed by atoms with van der Waals surface area (Å²) in [7, 11) is 0. The molecule has 0 aromatic heterocycles. The highest BCUT2D eigenvalue weighted by Gasteiger charge is 2.19. The lowest BCUT2D eigenvalue weighted by Gasteiger charge is -2.32. The SMILES string of the molecule is CC1CCN(c2ccc(NC(=O)C[NH+]3CCCC3)cc2)CC1. The van der Waals surface area contributed by atoms with E-state index in [4.69, 9.17) is 0 Å². The number of rotatable bonds is 4. The molecule has 1 amide bonds. The van der Waals surface area contributed by atoms with Gasteiger partial charge in [0.2, 0.25) is 0 Å². The smallest absolute Gasteiger partial charge is 0.279 e. The molecule has 2 saturated heterocycles. The van der Waals surface area contributed by atoms with Gasteiger partial charge in [0.1, 0.15) is 0 Å². The summed E-state index contributed by atoms with van der Waals surface area (Å²) in [5, 5.41) is 3.03. The van der Waals surface area contributed by atoms with E-state index in [1.54, 1.807) is 0 Å². The van der Waals surface area contributed by atoms with Gasteiger partial charge in [-0.1, -0.05) is 6.92 Å². The maximum absolute atomic E-state index is 12.0. The Morgan fingerprint density at radius 2 is 1.82 bits per heavy atom. The van der Waals surface area contributed by atoms with Crippen molar-refractivity contribution in [1.82, 2.24) is 0 Å². The molecule has 0 atom stereocenters. The van der Waals surface area contributed by atoms with Gasteiger partial charge in [0.25, 0.3) is 5.91 Å². The summed E-state index contributed by atoms with van der Waals surface area (Å²) in [6.07, 6.45) is 5.06. The number of likely N-dealkylation sites (tertiary alicyclic amines) is 1. The van der Waals surface area contributed by atoms with Crippen molar-refractivity contribution in [3.63, 3.8) is 0 Å². The van der Waals surface area contributed by atoms with Gasteiger partial charge < -0.3 is 15.1 Å². The fourth-order valence-electron chi connectivity index (χ4n) is 3.51. The van der Waals surface area contributed by atoms with Gasteiger partial charge in [-0.05, 0) is 43.0 Å². The van der Waals surface area contributed by atoms with Crippen molar-refractivity contribution in [1.29, 1.82) is 0 Å². The van der Waals surface area contributed by atoms with Crippen molar-refractivity contribution in [2.45, 2.75) is 32.6 Å². The average Bonchev–Trinajstić information content (AvgIpc) is 3.02. The van der Waals surface area contributed by atoms with Crippen molar-refractivity contribution < 1.29 is 9.69 Å². The Hall–Kier alpha value is -1.55. The van der Waals surface area contributed by atoms with Crippen LogP contribution in [-0.4, -0.2) is 38.6 Å². The minimum absolute atomic E-state index is 0.136. The molecule has 0 spiro atoms. The first-order chi connectivity index (χ1) is 10.7. The second-order valence-electron chi connectivity index (χ2n) is 6.90. The van der Waals surface area contributed by atoms with Crippen LogP contribution in [0.5, 0.6) is 0 Å². The first kappa shape index (κ1) is 15.3. The van der Waals surface area contributed by atoms with Crippen LogP contribution < -0.4 is 15.1 Å². The quantitative estimate of drug-likeness (QED) is 0.885. The third-order valence-electron chi connectivity index (χ3n) is 5.02. The lowest BCUT2D eigenvalue weighted by molar-refractivity contribution is -0.878. The van der Waals surface area contributed by atoms with E-state index in [-0.39, 0.29) is 5.91 Å². The first-order valence-corrected chi connectivity index (χ1v) is 8.69. The Bertz CT molecular complexity index is 486. The number of benzene rings is 1. The third kappa shape index (κ3) is 4.01. The maximum atomic E-state index is 12.0. The molecule has 0 aliphatic carbocycles. The van der Waals surface area contributed by atoms with Gasteiger partial charge in [0, 0.05) is 37.3 Å². The van der Waals surface area contributed by atoms with Crippen molar-refractivity contribution in [2.24, 2.45) is 5.92 Å². The standard InChI is InChI=1S/C18H27N3O/c1-15-8-12-21(13-9-15)17-6-4-16(5-7-17)19-18(22)14-20-10-2-3-11-20/h4-7,15H,2-3,8-14H2,1H3,(H,19,22)/p+1. The number of anilines is 2. The zero-order chi connectivity index (χ0) is 15.4.